The third-order valence-electron chi connectivity index (χ3n) is 4.46. The molecule has 2 aromatic carbocycles. The van der Waals surface area contributed by atoms with Gasteiger partial charge in [-0.05, 0) is 49.1 Å². The highest BCUT2D eigenvalue weighted by Gasteiger charge is 2.23. The van der Waals surface area contributed by atoms with E-state index in [2.05, 4.69) is 11.6 Å². The molecule has 0 saturated carbocycles. The fourth-order valence-electron chi connectivity index (χ4n) is 3.09. The summed E-state index contributed by atoms with van der Waals surface area (Å²) < 4.78 is 27.3. The highest BCUT2D eigenvalue weighted by atomic mass is 35.5. The van der Waals surface area contributed by atoms with E-state index in [9.17, 15) is 13.2 Å². The van der Waals surface area contributed by atoms with E-state index in [4.69, 9.17) is 11.6 Å². The number of benzene rings is 2. The van der Waals surface area contributed by atoms with Gasteiger partial charge in [0, 0.05) is 18.7 Å². The van der Waals surface area contributed by atoms with E-state index in [1.54, 1.807) is 24.3 Å². The molecule has 1 aliphatic rings. The third kappa shape index (κ3) is 4.19. The number of piperidine rings is 1. The zero-order chi connectivity index (χ0) is 18.7. The van der Waals surface area contributed by atoms with Crippen molar-refractivity contribution >= 4 is 33.2 Å². The van der Waals surface area contributed by atoms with E-state index in [1.807, 2.05) is 4.90 Å². The summed E-state index contributed by atoms with van der Waals surface area (Å²) in [4.78, 5) is 14.6. The summed E-state index contributed by atoms with van der Waals surface area (Å²) in [6.45, 7) is 3.61. The molecule has 1 saturated heterocycles. The van der Waals surface area contributed by atoms with E-state index >= 15 is 0 Å². The number of anilines is 1. The fourth-order valence-corrected chi connectivity index (χ4v) is 4.48. The average Bonchev–Trinajstić information content (AvgIpc) is 2.63. The maximum absolute atomic E-state index is 12.6. The van der Waals surface area contributed by atoms with Gasteiger partial charge in [0.15, 0.2) is 0 Å². The lowest BCUT2D eigenvalue weighted by molar-refractivity contribution is 0.0683. The minimum atomic E-state index is -3.73. The number of nitrogens with zero attached hydrogens (tertiary/aromatic N) is 1. The van der Waals surface area contributed by atoms with E-state index in [0.717, 1.165) is 25.9 Å². The molecule has 1 atom stereocenters. The molecule has 0 aliphatic carbocycles. The Kier molecular flexibility index (Phi) is 5.53. The molecular weight excluding hydrogens is 372 g/mol. The lowest BCUT2D eigenvalue weighted by Gasteiger charge is -2.31. The van der Waals surface area contributed by atoms with Crippen LogP contribution < -0.4 is 4.72 Å². The van der Waals surface area contributed by atoms with Gasteiger partial charge < -0.3 is 4.90 Å². The van der Waals surface area contributed by atoms with Crippen molar-refractivity contribution in [2.24, 2.45) is 5.92 Å². The number of amides is 1. The van der Waals surface area contributed by atoms with Crippen molar-refractivity contribution in [3.05, 3.63) is 59.1 Å². The minimum absolute atomic E-state index is 0.0732. The van der Waals surface area contributed by atoms with Gasteiger partial charge in [-0.15, -0.1) is 0 Å². The van der Waals surface area contributed by atoms with Crippen LogP contribution in [0.15, 0.2) is 53.4 Å². The van der Waals surface area contributed by atoms with E-state index < -0.39 is 10.0 Å². The molecule has 7 heteroatoms. The van der Waals surface area contributed by atoms with Crippen molar-refractivity contribution in [2.75, 3.05) is 17.8 Å². The standard InChI is InChI=1S/C19H21ClN2O3S/c1-14-6-5-11-22(13-14)19(23)15-9-10-18(17(20)12-15)21-26(24,25)16-7-3-2-4-8-16/h2-4,7-10,12,14,21H,5-6,11,13H2,1H3/t14-/m1/s1. The number of hydrogen-bond donors (Lipinski definition) is 1. The van der Waals surface area contributed by atoms with Gasteiger partial charge in [-0.3, -0.25) is 9.52 Å². The summed E-state index contributed by atoms with van der Waals surface area (Å²) in [5.41, 5.74) is 0.714. The summed E-state index contributed by atoms with van der Waals surface area (Å²) >= 11 is 6.24. The molecule has 1 heterocycles. The second-order valence-corrected chi connectivity index (χ2v) is 8.70. The smallest absolute Gasteiger partial charge is 0.261 e. The Balaban J connectivity index is 1.78. The topological polar surface area (TPSA) is 66.5 Å². The largest absolute Gasteiger partial charge is 0.338 e. The van der Waals surface area contributed by atoms with Crippen molar-refractivity contribution < 1.29 is 13.2 Å². The van der Waals surface area contributed by atoms with Crippen molar-refractivity contribution in [3.63, 3.8) is 0 Å². The number of carbonyl (C=O) groups excluding carboxylic acids is 1. The fraction of sp³-hybridized carbons (Fsp3) is 0.316. The van der Waals surface area contributed by atoms with Crippen molar-refractivity contribution in [3.8, 4) is 0 Å². The Labute approximate surface area is 159 Å². The van der Waals surface area contributed by atoms with Gasteiger partial charge in [-0.1, -0.05) is 36.7 Å². The van der Waals surface area contributed by atoms with Crippen LogP contribution in [0.1, 0.15) is 30.1 Å². The number of likely N-dealkylation sites (tertiary alicyclic amines) is 1. The number of rotatable bonds is 4. The molecule has 3 rings (SSSR count). The molecule has 2 aromatic rings. The Morgan fingerprint density at radius 1 is 1.19 bits per heavy atom. The molecule has 138 valence electrons. The summed E-state index contributed by atoms with van der Waals surface area (Å²) in [7, 11) is -3.73. The Morgan fingerprint density at radius 2 is 1.92 bits per heavy atom. The molecule has 0 spiro atoms. The van der Waals surface area contributed by atoms with Gasteiger partial charge in [0.05, 0.1) is 15.6 Å². The van der Waals surface area contributed by atoms with Crippen molar-refractivity contribution in [1.82, 2.24) is 4.90 Å². The molecule has 1 amide bonds. The van der Waals surface area contributed by atoms with E-state index in [-0.39, 0.29) is 21.5 Å². The minimum Gasteiger partial charge on any atom is -0.338 e. The van der Waals surface area contributed by atoms with Crippen LogP contribution in [0.25, 0.3) is 0 Å². The molecule has 0 aromatic heterocycles. The first-order valence-corrected chi connectivity index (χ1v) is 10.4. The van der Waals surface area contributed by atoms with Crippen LogP contribution in [0.5, 0.6) is 0 Å². The summed E-state index contributed by atoms with van der Waals surface area (Å²) in [5, 5.41) is 0.195. The summed E-state index contributed by atoms with van der Waals surface area (Å²) in [6.07, 6.45) is 2.13. The van der Waals surface area contributed by atoms with Crippen molar-refractivity contribution in [2.45, 2.75) is 24.7 Å². The predicted molar refractivity (Wildman–Crippen MR) is 103 cm³/mol. The molecule has 1 aliphatic heterocycles. The number of sulfonamides is 1. The lowest BCUT2D eigenvalue weighted by Crippen LogP contribution is -2.39. The maximum atomic E-state index is 12.6. The SMILES string of the molecule is C[C@@H]1CCCN(C(=O)c2ccc(NS(=O)(=O)c3ccccc3)c(Cl)c2)C1. The van der Waals surface area contributed by atoms with Gasteiger partial charge in [0.25, 0.3) is 15.9 Å². The van der Waals surface area contributed by atoms with Crippen LogP contribution >= 0.6 is 11.6 Å². The number of nitrogens with one attached hydrogen (secondary N) is 1. The zero-order valence-electron chi connectivity index (χ0n) is 14.5. The second kappa shape index (κ2) is 7.68. The average molecular weight is 393 g/mol. The zero-order valence-corrected chi connectivity index (χ0v) is 16.1. The first-order chi connectivity index (χ1) is 12.4. The van der Waals surface area contributed by atoms with Gasteiger partial charge in [-0.25, -0.2) is 8.42 Å². The first kappa shape index (κ1) is 18.7. The summed E-state index contributed by atoms with van der Waals surface area (Å²) in [5.74, 6) is 0.413. The van der Waals surface area contributed by atoms with Crippen LogP contribution in [-0.2, 0) is 10.0 Å². The molecule has 1 N–H and O–H groups in total. The second-order valence-electron chi connectivity index (χ2n) is 6.61. The normalized spacial score (nSPS) is 17.8. The van der Waals surface area contributed by atoms with Crippen LogP contribution in [0.4, 0.5) is 5.69 Å². The highest BCUT2D eigenvalue weighted by molar-refractivity contribution is 7.92. The number of halogens is 1. The third-order valence-corrected chi connectivity index (χ3v) is 6.15. The van der Waals surface area contributed by atoms with Gasteiger partial charge in [0.2, 0.25) is 0 Å². The Morgan fingerprint density at radius 3 is 2.58 bits per heavy atom. The first-order valence-electron chi connectivity index (χ1n) is 8.53. The lowest BCUT2D eigenvalue weighted by atomic mass is 9.99. The molecule has 5 nitrogen and oxygen atoms in total. The Hall–Kier alpha value is -2.05. The molecular formula is C19H21ClN2O3S. The monoisotopic (exact) mass is 392 g/mol. The van der Waals surface area contributed by atoms with Gasteiger partial charge in [-0.2, -0.15) is 0 Å². The molecule has 1 fully saturated rings. The molecule has 26 heavy (non-hydrogen) atoms. The van der Waals surface area contributed by atoms with E-state index in [0.29, 0.717) is 11.5 Å². The van der Waals surface area contributed by atoms with Crippen LogP contribution in [0.2, 0.25) is 5.02 Å². The highest BCUT2D eigenvalue weighted by Crippen LogP contribution is 2.27. The molecule has 0 unspecified atom stereocenters. The number of carbonyl (C=O) groups is 1. The van der Waals surface area contributed by atoms with Crippen molar-refractivity contribution in [1.29, 1.82) is 0 Å². The number of hydrogen-bond acceptors (Lipinski definition) is 3. The Bertz CT molecular complexity index is 900. The quantitative estimate of drug-likeness (QED) is 0.854. The van der Waals surface area contributed by atoms with E-state index in [1.165, 1.54) is 24.3 Å². The van der Waals surface area contributed by atoms with Crippen LogP contribution in [-0.4, -0.2) is 32.3 Å². The molecule has 0 radical (unpaired) electrons. The van der Waals surface area contributed by atoms with Gasteiger partial charge in [0.1, 0.15) is 0 Å². The van der Waals surface area contributed by atoms with Crippen LogP contribution in [0.3, 0.4) is 0 Å². The van der Waals surface area contributed by atoms with Crippen LogP contribution in [0, 0.1) is 5.92 Å². The summed E-state index contributed by atoms with van der Waals surface area (Å²) in [6, 6.07) is 12.7. The molecule has 0 bridgehead atoms. The predicted octanol–water partition coefficient (Wildman–Crippen LogP) is 4.01. The van der Waals surface area contributed by atoms with Gasteiger partial charge >= 0.3 is 0 Å². The maximum Gasteiger partial charge on any atom is 0.261 e.